The lowest BCUT2D eigenvalue weighted by Gasteiger charge is -2.20. The van der Waals surface area contributed by atoms with Crippen molar-refractivity contribution in [2.24, 2.45) is 0 Å². The fourth-order valence-electron chi connectivity index (χ4n) is 3.94. The third-order valence-electron chi connectivity index (χ3n) is 5.58. The lowest BCUT2D eigenvalue weighted by molar-refractivity contribution is 0.0698. The maximum absolute atomic E-state index is 13.3. The SMILES string of the molecule is Cc1cc([C@H](C)Nc2ccccc2C(=O)O)c2nc(-c3cccc(C#N)c3)c(C)c(=O)n2c1. The smallest absolute Gasteiger partial charge is 0.337 e. The molecular formula is C26H22N4O3. The number of pyridine rings is 1. The minimum atomic E-state index is -1.02. The summed E-state index contributed by atoms with van der Waals surface area (Å²) in [5, 5.41) is 22.0. The van der Waals surface area contributed by atoms with Gasteiger partial charge in [-0.05, 0) is 56.7 Å². The van der Waals surface area contributed by atoms with E-state index in [0.29, 0.717) is 33.7 Å². The van der Waals surface area contributed by atoms with Gasteiger partial charge in [-0.1, -0.05) is 24.3 Å². The summed E-state index contributed by atoms with van der Waals surface area (Å²) in [5.41, 5.74) is 4.72. The van der Waals surface area contributed by atoms with E-state index < -0.39 is 5.97 Å². The largest absolute Gasteiger partial charge is 0.478 e. The van der Waals surface area contributed by atoms with Crippen LogP contribution in [0.4, 0.5) is 5.69 Å². The van der Waals surface area contributed by atoms with Crippen LogP contribution in [0.3, 0.4) is 0 Å². The molecule has 0 unspecified atom stereocenters. The third kappa shape index (κ3) is 4.06. The van der Waals surface area contributed by atoms with E-state index >= 15 is 0 Å². The molecule has 0 amide bonds. The van der Waals surface area contributed by atoms with Gasteiger partial charge in [0.05, 0.1) is 28.9 Å². The van der Waals surface area contributed by atoms with Gasteiger partial charge < -0.3 is 10.4 Å². The first-order chi connectivity index (χ1) is 15.8. The van der Waals surface area contributed by atoms with Crippen molar-refractivity contribution in [1.29, 1.82) is 5.26 Å². The van der Waals surface area contributed by atoms with Crippen LogP contribution in [0.25, 0.3) is 16.9 Å². The number of carboxylic acid groups (broad SMARTS) is 1. The van der Waals surface area contributed by atoms with Gasteiger partial charge in [0.25, 0.3) is 5.56 Å². The predicted octanol–water partition coefficient (Wildman–Crippen LogP) is 4.72. The normalized spacial score (nSPS) is 11.7. The van der Waals surface area contributed by atoms with Crippen LogP contribution in [0.2, 0.25) is 0 Å². The molecule has 2 N–H and O–H groups in total. The van der Waals surface area contributed by atoms with Gasteiger partial charge in [0.2, 0.25) is 0 Å². The molecule has 0 bridgehead atoms. The molecule has 1 atom stereocenters. The molecule has 7 heteroatoms. The van der Waals surface area contributed by atoms with Gasteiger partial charge in [0.1, 0.15) is 5.65 Å². The van der Waals surface area contributed by atoms with Crippen LogP contribution in [0.5, 0.6) is 0 Å². The number of nitrogens with zero attached hydrogens (tertiary/aromatic N) is 3. The highest BCUT2D eigenvalue weighted by molar-refractivity contribution is 5.94. The van der Waals surface area contributed by atoms with Crippen LogP contribution >= 0.6 is 0 Å². The molecule has 0 fully saturated rings. The summed E-state index contributed by atoms with van der Waals surface area (Å²) >= 11 is 0. The van der Waals surface area contributed by atoms with Crippen molar-refractivity contribution >= 4 is 17.3 Å². The summed E-state index contributed by atoms with van der Waals surface area (Å²) in [7, 11) is 0. The zero-order valence-corrected chi connectivity index (χ0v) is 18.5. The molecule has 0 saturated heterocycles. The molecule has 0 aliphatic heterocycles. The van der Waals surface area contributed by atoms with E-state index in [1.54, 1.807) is 49.5 Å². The monoisotopic (exact) mass is 438 g/mol. The van der Waals surface area contributed by atoms with Gasteiger partial charge in [0, 0.05) is 28.6 Å². The maximum Gasteiger partial charge on any atom is 0.337 e. The molecule has 0 radical (unpaired) electrons. The topological polar surface area (TPSA) is 107 Å². The van der Waals surface area contributed by atoms with Crippen molar-refractivity contribution in [3.8, 4) is 17.3 Å². The Morgan fingerprint density at radius 1 is 1.15 bits per heavy atom. The minimum Gasteiger partial charge on any atom is -0.478 e. The molecule has 2 aromatic carbocycles. The predicted molar refractivity (Wildman–Crippen MR) is 127 cm³/mol. The van der Waals surface area contributed by atoms with E-state index in [1.807, 2.05) is 26.0 Å². The number of benzene rings is 2. The Bertz CT molecular complexity index is 1500. The second-order valence-corrected chi connectivity index (χ2v) is 7.97. The number of hydrogen-bond acceptors (Lipinski definition) is 5. The van der Waals surface area contributed by atoms with Crippen molar-refractivity contribution < 1.29 is 9.90 Å². The number of aromatic nitrogens is 2. The van der Waals surface area contributed by atoms with E-state index in [-0.39, 0.29) is 17.2 Å². The van der Waals surface area contributed by atoms with Gasteiger partial charge in [0.15, 0.2) is 0 Å². The molecule has 2 heterocycles. The molecule has 7 nitrogen and oxygen atoms in total. The van der Waals surface area contributed by atoms with E-state index in [0.717, 1.165) is 11.1 Å². The zero-order valence-electron chi connectivity index (χ0n) is 18.5. The van der Waals surface area contributed by atoms with Crippen molar-refractivity contribution in [2.45, 2.75) is 26.8 Å². The molecule has 33 heavy (non-hydrogen) atoms. The highest BCUT2D eigenvalue weighted by atomic mass is 16.4. The Labute approximate surface area is 190 Å². The number of rotatable bonds is 5. The molecule has 0 aliphatic rings. The molecule has 4 aromatic rings. The highest BCUT2D eigenvalue weighted by Crippen LogP contribution is 2.28. The van der Waals surface area contributed by atoms with Crippen LogP contribution in [0, 0.1) is 25.2 Å². The average molecular weight is 438 g/mol. The van der Waals surface area contributed by atoms with Crippen molar-refractivity contribution in [1.82, 2.24) is 9.38 Å². The van der Waals surface area contributed by atoms with Crippen LogP contribution in [-0.2, 0) is 0 Å². The number of hydrogen-bond donors (Lipinski definition) is 2. The fourth-order valence-corrected chi connectivity index (χ4v) is 3.94. The van der Waals surface area contributed by atoms with Gasteiger partial charge >= 0.3 is 5.97 Å². The molecule has 4 rings (SSSR count). The van der Waals surface area contributed by atoms with Crippen LogP contribution < -0.4 is 10.9 Å². The number of fused-ring (bicyclic) bond motifs is 1. The number of nitriles is 1. The van der Waals surface area contributed by atoms with Crippen LogP contribution in [-0.4, -0.2) is 20.5 Å². The Morgan fingerprint density at radius 2 is 1.91 bits per heavy atom. The first kappa shape index (κ1) is 21.8. The number of carbonyl (C=O) groups is 1. The lowest BCUT2D eigenvalue weighted by atomic mass is 10.0. The molecule has 164 valence electrons. The van der Waals surface area contributed by atoms with Gasteiger partial charge in [-0.25, -0.2) is 9.78 Å². The molecule has 0 saturated carbocycles. The van der Waals surface area contributed by atoms with Gasteiger partial charge in [-0.15, -0.1) is 0 Å². The minimum absolute atomic E-state index is 0.163. The summed E-state index contributed by atoms with van der Waals surface area (Å²) in [6.45, 7) is 5.52. The maximum atomic E-state index is 13.3. The quantitative estimate of drug-likeness (QED) is 0.467. The summed E-state index contributed by atoms with van der Waals surface area (Å²) in [4.78, 5) is 29.7. The van der Waals surface area contributed by atoms with E-state index in [1.165, 1.54) is 10.5 Å². The molecule has 0 spiro atoms. The molecule has 2 aromatic heterocycles. The van der Waals surface area contributed by atoms with Crippen LogP contribution in [0.15, 0.2) is 65.6 Å². The molecular weight excluding hydrogens is 416 g/mol. The second kappa shape index (κ2) is 8.60. The Balaban J connectivity index is 1.90. The first-order valence-electron chi connectivity index (χ1n) is 10.4. The lowest BCUT2D eigenvalue weighted by Crippen LogP contribution is -2.22. The van der Waals surface area contributed by atoms with Crippen molar-refractivity contribution in [3.63, 3.8) is 0 Å². The zero-order chi connectivity index (χ0) is 23.7. The van der Waals surface area contributed by atoms with E-state index in [4.69, 9.17) is 4.98 Å². The molecule has 0 aliphatic carbocycles. The Hall–Kier alpha value is -4.44. The number of para-hydroxylation sites is 1. The number of anilines is 1. The third-order valence-corrected chi connectivity index (χ3v) is 5.58. The standard InChI is InChI=1S/C26H22N4O3/c1-15-11-21(17(3)28-22-10-5-4-9-20(22)26(32)33)24-29-23(16(2)25(31)30(24)14-15)19-8-6-7-18(12-19)13-27/h4-12,14,17,28H,1-3H3,(H,32,33)/t17-/m0/s1. The fraction of sp³-hybridized carbons (Fsp3) is 0.154. The van der Waals surface area contributed by atoms with E-state index in [9.17, 15) is 20.0 Å². The number of aryl methyl sites for hydroxylation is 1. The summed E-state index contributed by atoms with van der Waals surface area (Å²) in [6.07, 6.45) is 1.74. The Kier molecular flexibility index (Phi) is 5.67. The number of aromatic carboxylic acids is 1. The van der Waals surface area contributed by atoms with E-state index in [2.05, 4.69) is 11.4 Å². The van der Waals surface area contributed by atoms with Crippen molar-refractivity contribution in [2.75, 3.05) is 5.32 Å². The summed E-state index contributed by atoms with van der Waals surface area (Å²) < 4.78 is 1.53. The highest BCUT2D eigenvalue weighted by Gasteiger charge is 2.19. The number of nitrogens with one attached hydrogen (secondary N) is 1. The summed E-state index contributed by atoms with van der Waals surface area (Å²) in [5.74, 6) is -1.02. The number of carboxylic acids is 1. The Morgan fingerprint density at radius 3 is 2.64 bits per heavy atom. The van der Waals surface area contributed by atoms with Crippen molar-refractivity contribution in [3.05, 3.63) is 99.0 Å². The van der Waals surface area contributed by atoms with Crippen LogP contribution in [0.1, 0.15) is 45.6 Å². The first-order valence-corrected chi connectivity index (χ1v) is 10.4. The second-order valence-electron chi connectivity index (χ2n) is 7.97. The summed E-state index contributed by atoms with van der Waals surface area (Å²) in [6, 6.07) is 17.4. The average Bonchev–Trinajstić information content (AvgIpc) is 2.81. The van der Waals surface area contributed by atoms with Gasteiger partial charge in [-0.3, -0.25) is 9.20 Å². The van der Waals surface area contributed by atoms with Gasteiger partial charge in [-0.2, -0.15) is 5.26 Å².